The van der Waals surface area contributed by atoms with Crippen LogP contribution in [0.15, 0.2) is 24.3 Å². The van der Waals surface area contributed by atoms with Crippen LogP contribution in [0.5, 0.6) is 0 Å². The third-order valence-electron chi connectivity index (χ3n) is 3.55. The average molecular weight is 218 g/mol. The number of piperidine rings is 1. The molecule has 0 aliphatic carbocycles. The Kier molecular flexibility index (Phi) is 2.40. The summed E-state index contributed by atoms with van der Waals surface area (Å²) in [7, 11) is 0. The SMILES string of the molecule is O=C1O[C@H]([NH+]2CCCCC2)c2ccccc21. The van der Waals surface area contributed by atoms with Crippen molar-refractivity contribution in [3.05, 3.63) is 35.4 Å². The van der Waals surface area contributed by atoms with Gasteiger partial charge in [-0.05, 0) is 31.4 Å². The lowest BCUT2D eigenvalue weighted by atomic mass is 10.1. The second-order valence-electron chi connectivity index (χ2n) is 4.59. The van der Waals surface area contributed by atoms with Crippen LogP contribution in [0, 0.1) is 0 Å². The molecule has 0 spiro atoms. The molecule has 2 aliphatic rings. The summed E-state index contributed by atoms with van der Waals surface area (Å²) in [6, 6.07) is 7.76. The Balaban J connectivity index is 1.90. The number of hydrogen-bond donors (Lipinski definition) is 1. The molecule has 0 saturated carbocycles. The minimum absolute atomic E-state index is 0.0519. The fraction of sp³-hybridized carbons (Fsp3) is 0.462. The highest BCUT2D eigenvalue weighted by Gasteiger charge is 2.38. The highest BCUT2D eigenvalue weighted by atomic mass is 16.6. The van der Waals surface area contributed by atoms with Crippen LogP contribution in [0.4, 0.5) is 0 Å². The number of benzene rings is 1. The zero-order valence-electron chi connectivity index (χ0n) is 9.24. The summed E-state index contributed by atoms with van der Waals surface area (Å²) in [5.74, 6) is -0.154. The second-order valence-corrected chi connectivity index (χ2v) is 4.59. The zero-order valence-corrected chi connectivity index (χ0v) is 9.24. The molecule has 0 aromatic heterocycles. The van der Waals surface area contributed by atoms with E-state index in [0.29, 0.717) is 0 Å². The normalized spacial score (nSPS) is 25.2. The quantitative estimate of drug-likeness (QED) is 0.711. The number of esters is 1. The maximum absolute atomic E-state index is 11.7. The van der Waals surface area contributed by atoms with Crippen molar-refractivity contribution in [3.63, 3.8) is 0 Å². The molecule has 0 radical (unpaired) electrons. The van der Waals surface area contributed by atoms with E-state index in [1.807, 2.05) is 24.3 Å². The predicted molar refractivity (Wildman–Crippen MR) is 59.1 cm³/mol. The van der Waals surface area contributed by atoms with Gasteiger partial charge in [0.05, 0.1) is 24.2 Å². The Morgan fingerprint density at radius 1 is 1.12 bits per heavy atom. The minimum Gasteiger partial charge on any atom is -0.404 e. The van der Waals surface area contributed by atoms with Crippen LogP contribution in [0.2, 0.25) is 0 Å². The molecular weight excluding hydrogens is 202 g/mol. The summed E-state index contributed by atoms with van der Waals surface area (Å²) < 4.78 is 5.50. The molecule has 1 fully saturated rings. The van der Waals surface area contributed by atoms with Crippen molar-refractivity contribution in [2.24, 2.45) is 0 Å². The summed E-state index contributed by atoms with van der Waals surface area (Å²) in [5.41, 5.74) is 1.83. The number of likely N-dealkylation sites (tertiary alicyclic amines) is 1. The monoisotopic (exact) mass is 218 g/mol. The zero-order chi connectivity index (χ0) is 11.0. The highest BCUT2D eigenvalue weighted by molar-refractivity contribution is 5.93. The lowest BCUT2D eigenvalue weighted by Gasteiger charge is -2.27. The van der Waals surface area contributed by atoms with E-state index >= 15 is 0 Å². The van der Waals surface area contributed by atoms with Crippen LogP contribution in [0.3, 0.4) is 0 Å². The minimum atomic E-state index is -0.154. The summed E-state index contributed by atoms with van der Waals surface area (Å²) in [4.78, 5) is 13.1. The van der Waals surface area contributed by atoms with Crippen molar-refractivity contribution in [1.29, 1.82) is 0 Å². The lowest BCUT2D eigenvalue weighted by Crippen LogP contribution is -3.13. The Hall–Kier alpha value is -1.35. The predicted octanol–water partition coefficient (Wildman–Crippen LogP) is 0.924. The van der Waals surface area contributed by atoms with Crippen LogP contribution in [0.1, 0.15) is 41.4 Å². The Labute approximate surface area is 95.0 Å². The second kappa shape index (κ2) is 3.91. The number of hydrogen-bond acceptors (Lipinski definition) is 2. The maximum atomic E-state index is 11.7. The largest absolute Gasteiger partial charge is 0.404 e. The van der Waals surface area contributed by atoms with E-state index in [4.69, 9.17) is 4.74 Å². The summed E-state index contributed by atoms with van der Waals surface area (Å²) in [6.45, 7) is 2.23. The van der Waals surface area contributed by atoms with Crippen LogP contribution >= 0.6 is 0 Å². The van der Waals surface area contributed by atoms with Crippen molar-refractivity contribution in [2.45, 2.75) is 25.5 Å². The number of ether oxygens (including phenoxy) is 1. The van der Waals surface area contributed by atoms with Gasteiger partial charge in [-0.15, -0.1) is 0 Å². The molecule has 0 amide bonds. The molecule has 1 aromatic carbocycles. The molecule has 84 valence electrons. The van der Waals surface area contributed by atoms with E-state index in [9.17, 15) is 4.79 Å². The summed E-state index contributed by atoms with van der Waals surface area (Å²) in [6.07, 6.45) is 3.74. The first-order valence-electron chi connectivity index (χ1n) is 6.01. The molecule has 1 saturated heterocycles. The maximum Gasteiger partial charge on any atom is 0.343 e. The summed E-state index contributed by atoms with van der Waals surface area (Å²) in [5, 5.41) is 0. The molecular formula is C13H16NO2+. The Morgan fingerprint density at radius 3 is 2.69 bits per heavy atom. The van der Waals surface area contributed by atoms with Crippen LogP contribution < -0.4 is 4.90 Å². The molecule has 1 atom stereocenters. The van der Waals surface area contributed by atoms with Gasteiger partial charge in [0, 0.05) is 0 Å². The molecule has 16 heavy (non-hydrogen) atoms. The van der Waals surface area contributed by atoms with Crippen molar-refractivity contribution in [2.75, 3.05) is 13.1 Å². The van der Waals surface area contributed by atoms with E-state index in [-0.39, 0.29) is 12.2 Å². The fourth-order valence-corrected chi connectivity index (χ4v) is 2.72. The van der Waals surface area contributed by atoms with Crippen LogP contribution in [-0.2, 0) is 4.74 Å². The van der Waals surface area contributed by atoms with Gasteiger partial charge in [0.25, 0.3) is 6.23 Å². The van der Waals surface area contributed by atoms with Gasteiger partial charge in [0.15, 0.2) is 0 Å². The number of quaternary nitrogens is 1. The third-order valence-corrected chi connectivity index (χ3v) is 3.55. The van der Waals surface area contributed by atoms with E-state index in [0.717, 1.165) is 24.2 Å². The van der Waals surface area contributed by atoms with Gasteiger partial charge in [-0.25, -0.2) is 4.79 Å². The molecule has 3 nitrogen and oxygen atoms in total. The molecule has 1 aromatic rings. The van der Waals surface area contributed by atoms with Gasteiger partial charge >= 0.3 is 5.97 Å². The third kappa shape index (κ3) is 1.52. The van der Waals surface area contributed by atoms with E-state index in [2.05, 4.69) is 0 Å². The molecule has 3 rings (SSSR count). The first-order valence-corrected chi connectivity index (χ1v) is 6.01. The number of nitrogens with one attached hydrogen (secondary N) is 1. The molecule has 2 aliphatic heterocycles. The molecule has 0 unspecified atom stereocenters. The van der Waals surface area contributed by atoms with E-state index in [1.54, 1.807) is 0 Å². The van der Waals surface area contributed by atoms with E-state index in [1.165, 1.54) is 24.2 Å². The molecule has 3 heteroatoms. The van der Waals surface area contributed by atoms with E-state index < -0.39 is 0 Å². The molecule has 1 N–H and O–H groups in total. The Morgan fingerprint density at radius 2 is 1.88 bits per heavy atom. The van der Waals surface area contributed by atoms with Gasteiger partial charge in [-0.1, -0.05) is 12.1 Å². The van der Waals surface area contributed by atoms with Crippen LogP contribution in [0.25, 0.3) is 0 Å². The number of cyclic esters (lactones) is 1. The smallest absolute Gasteiger partial charge is 0.343 e. The number of carbonyl (C=O) groups is 1. The van der Waals surface area contributed by atoms with Crippen molar-refractivity contribution >= 4 is 5.97 Å². The number of carbonyl (C=O) groups excluding carboxylic acids is 1. The highest BCUT2D eigenvalue weighted by Crippen LogP contribution is 2.26. The standard InChI is InChI=1S/C13H15NO2/c15-13-11-7-3-2-6-10(11)12(16-13)14-8-4-1-5-9-14/h2-3,6-7,12H,1,4-5,8-9H2/p+1/t12-/m0/s1. The topological polar surface area (TPSA) is 30.7 Å². The summed E-state index contributed by atoms with van der Waals surface area (Å²) >= 11 is 0. The Bertz CT molecular complexity index is 410. The van der Waals surface area contributed by atoms with Gasteiger partial charge in [-0.3, -0.25) is 4.90 Å². The van der Waals surface area contributed by atoms with Gasteiger partial charge in [0.2, 0.25) is 0 Å². The average Bonchev–Trinajstić information content (AvgIpc) is 2.69. The van der Waals surface area contributed by atoms with Gasteiger partial charge < -0.3 is 4.74 Å². The molecule has 2 heterocycles. The van der Waals surface area contributed by atoms with Gasteiger partial charge in [-0.2, -0.15) is 0 Å². The number of fused-ring (bicyclic) bond motifs is 1. The lowest BCUT2D eigenvalue weighted by molar-refractivity contribution is -0.956. The fourth-order valence-electron chi connectivity index (χ4n) is 2.72. The van der Waals surface area contributed by atoms with Crippen LogP contribution in [-0.4, -0.2) is 19.1 Å². The van der Waals surface area contributed by atoms with Gasteiger partial charge in [0.1, 0.15) is 0 Å². The number of rotatable bonds is 1. The first-order chi connectivity index (χ1) is 7.86. The van der Waals surface area contributed by atoms with Crippen molar-refractivity contribution in [1.82, 2.24) is 0 Å². The van der Waals surface area contributed by atoms with Crippen molar-refractivity contribution in [3.8, 4) is 0 Å². The first kappa shape index (κ1) is 9.85. The molecule has 0 bridgehead atoms. The van der Waals surface area contributed by atoms with Crippen molar-refractivity contribution < 1.29 is 14.4 Å².